The molecule has 1 aliphatic carbocycles. The highest BCUT2D eigenvalue weighted by molar-refractivity contribution is 5.79. The highest BCUT2D eigenvalue weighted by Crippen LogP contribution is 2.31. The molecule has 0 aromatic rings. The lowest BCUT2D eigenvalue weighted by Gasteiger charge is -2.46. The zero-order valence-corrected chi connectivity index (χ0v) is 15.9. The number of carbonyl (C=O) groups is 2. The predicted octanol–water partition coefficient (Wildman–Crippen LogP) is 2.38. The molecule has 0 aromatic heterocycles. The number of carboxylic acid groups (broad SMARTS) is 1. The monoisotopic (exact) mass is 394 g/mol. The van der Waals surface area contributed by atoms with Crippen molar-refractivity contribution in [1.82, 2.24) is 9.80 Å². The second-order valence-corrected chi connectivity index (χ2v) is 7.79. The number of likely N-dealkylation sites (tertiary alicyclic amines) is 1. The highest BCUT2D eigenvalue weighted by Gasteiger charge is 2.39. The van der Waals surface area contributed by atoms with Gasteiger partial charge in [0.05, 0.1) is 18.8 Å². The molecule has 2 saturated heterocycles. The average Bonchev–Trinajstić information content (AvgIpc) is 2.61. The summed E-state index contributed by atoms with van der Waals surface area (Å²) in [5.74, 6) is -1.25. The number of alkyl halides is 3. The summed E-state index contributed by atoms with van der Waals surface area (Å²) in [5.41, 5.74) is 0. The van der Waals surface area contributed by atoms with E-state index in [9.17, 15) is 18.0 Å². The number of halogens is 3. The Morgan fingerprint density at radius 1 is 1.07 bits per heavy atom. The fourth-order valence-electron chi connectivity index (χ4n) is 4.01. The molecule has 156 valence electrons. The van der Waals surface area contributed by atoms with Crippen LogP contribution in [0.25, 0.3) is 0 Å². The van der Waals surface area contributed by atoms with Crippen molar-refractivity contribution in [2.24, 2.45) is 11.8 Å². The molecular weight excluding hydrogens is 365 g/mol. The molecule has 0 bridgehead atoms. The van der Waals surface area contributed by atoms with Crippen LogP contribution in [0.15, 0.2) is 0 Å². The molecule has 27 heavy (non-hydrogen) atoms. The fraction of sp³-hybridized carbons (Fsp3) is 0.889. The van der Waals surface area contributed by atoms with Crippen LogP contribution < -0.4 is 0 Å². The molecule has 0 spiro atoms. The summed E-state index contributed by atoms with van der Waals surface area (Å²) >= 11 is 0. The van der Waals surface area contributed by atoms with Gasteiger partial charge in [0, 0.05) is 25.6 Å². The molecule has 3 aliphatic rings. The number of hydrogen-bond donors (Lipinski definition) is 1. The van der Waals surface area contributed by atoms with E-state index in [2.05, 4.69) is 23.8 Å². The summed E-state index contributed by atoms with van der Waals surface area (Å²) in [5, 5.41) is 7.12. The van der Waals surface area contributed by atoms with E-state index >= 15 is 0 Å². The van der Waals surface area contributed by atoms with Crippen LogP contribution in [0.5, 0.6) is 0 Å². The smallest absolute Gasteiger partial charge is 0.475 e. The maximum Gasteiger partial charge on any atom is 0.490 e. The van der Waals surface area contributed by atoms with E-state index in [1.54, 1.807) is 0 Å². The van der Waals surface area contributed by atoms with Gasteiger partial charge >= 0.3 is 12.1 Å². The molecule has 1 N–H and O–H groups in total. The van der Waals surface area contributed by atoms with Crippen LogP contribution in [0, 0.1) is 11.8 Å². The first-order valence-electron chi connectivity index (χ1n) is 9.50. The van der Waals surface area contributed by atoms with Gasteiger partial charge in [0.1, 0.15) is 0 Å². The number of carbonyl (C=O) groups excluding carboxylic acids is 1. The van der Waals surface area contributed by atoms with E-state index in [4.69, 9.17) is 14.6 Å². The first-order chi connectivity index (χ1) is 12.6. The van der Waals surface area contributed by atoms with E-state index in [0.717, 1.165) is 51.4 Å². The number of amides is 1. The van der Waals surface area contributed by atoms with Gasteiger partial charge in [-0.25, -0.2) is 4.79 Å². The molecule has 0 radical (unpaired) electrons. The molecule has 2 aliphatic heterocycles. The second-order valence-electron chi connectivity index (χ2n) is 7.79. The third-order valence-electron chi connectivity index (χ3n) is 5.78. The van der Waals surface area contributed by atoms with Crippen LogP contribution >= 0.6 is 0 Å². The van der Waals surface area contributed by atoms with Crippen LogP contribution in [0.4, 0.5) is 13.2 Å². The van der Waals surface area contributed by atoms with Gasteiger partial charge in [-0.1, -0.05) is 6.92 Å². The Balaban J connectivity index is 0.000000321. The zero-order valence-electron chi connectivity index (χ0n) is 15.9. The van der Waals surface area contributed by atoms with Crippen molar-refractivity contribution >= 4 is 11.9 Å². The van der Waals surface area contributed by atoms with Crippen molar-refractivity contribution in [3.63, 3.8) is 0 Å². The summed E-state index contributed by atoms with van der Waals surface area (Å²) in [7, 11) is 2.16. The van der Waals surface area contributed by atoms with Crippen LogP contribution in [0.1, 0.15) is 39.0 Å². The van der Waals surface area contributed by atoms with E-state index < -0.39 is 12.1 Å². The quantitative estimate of drug-likeness (QED) is 0.740. The van der Waals surface area contributed by atoms with Crippen LogP contribution in [0.3, 0.4) is 0 Å². The largest absolute Gasteiger partial charge is 0.490 e. The number of ether oxygens (including phenoxy) is 1. The molecule has 2 heterocycles. The Morgan fingerprint density at radius 2 is 1.67 bits per heavy atom. The van der Waals surface area contributed by atoms with Crippen molar-refractivity contribution in [1.29, 1.82) is 0 Å². The lowest BCUT2D eigenvalue weighted by atomic mass is 9.82. The number of nitrogens with zero attached hydrogens (tertiary/aromatic N) is 2. The minimum Gasteiger partial charge on any atom is -0.475 e. The summed E-state index contributed by atoms with van der Waals surface area (Å²) in [4.78, 5) is 26.1. The number of hydrogen-bond acceptors (Lipinski definition) is 4. The third kappa shape index (κ3) is 6.07. The second kappa shape index (κ2) is 9.23. The summed E-state index contributed by atoms with van der Waals surface area (Å²) in [6.07, 6.45) is 0.889. The van der Waals surface area contributed by atoms with Gasteiger partial charge in [0.2, 0.25) is 5.91 Å². The number of morpholine rings is 1. The molecule has 1 saturated carbocycles. The standard InChI is InChI=1S/C16H28N2O2.C2HF3O2/c1-12-3-5-13(6-4-12)16(19)18-8-7-15-14(11-18)17(2)9-10-20-15;3-2(4,5)1(6)7/h12-15H,3-11H2,1-2H3;(H,6,7)/t12?,13?,14-,15-;/m0./s1. The van der Waals surface area contributed by atoms with E-state index in [1.165, 1.54) is 12.8 Å². The maximum atomic E-state index is 12.7. The van der Waals surface area contributed by atoms with Gasteiger partial charge in [0.15, 0.2) is 0 Å². The van der Waals surface area contributed by atoms with Gasteiger partial charge in [0.25, 0.3) is 0 Å². The Morgan fingerprint density at radius 3 is 2.22 bits per heavy atom. The Bertz CT molecular complexity index is 521. The maximum absolute atomic E-state index is 12.7. The number of carboxylic acids is 1. The number of rotatable bonds is 1. The highest BCUT2D eigenvalue weighted by atomic mass is 19.4. The topological polar surface area (TPSA) is 70.1 Å². The molecule has 0 aromatic carbocycles. The number of piperidine rings is 1. The van der Waals surface area contributed by atoms with Crippen LogP contribution in [0.2, 0.25) is 0 Å². The Kier molecular flexibility index (Phi) is 7.50. The molecule has 9 heteroatoms. The summed E-state index contributed by atoms with van der Waals surface area (Å²) in [6, 6.07) is 0.406. The molecule has 3 rings (SSSR count). The predicted molar refractivity (Wildman–Crippen MR) is 92.2 cm³/mol. The SMILES string of the molecule is CC1CCC(C(=O)N2CC[C@@H]3OCCN(C)[C@H]3C2)CC1.O=C(O)C(F)(F)F. The van der Waals surface area contributed by atoms with Crippen molar-refractivity contribution < 1.29 is 32.6 Å². The van der Waals surface area contributed by atoms with E-state index in [1.807, 2.05) is 0 Å². The lowest BCUT2D eigenvalue weighted by molar-refractivity contribution is -0.192. The first-order valence-corrected chi connectivity index (χ1v) is 9.50. The number of likely N-dealkylation sites (N-methyl/N-ethyl adjacent to an activating group) is 1. The summed E-state index contributed by atoms with van der Waals surface area (Å²) in [6.45, 7) is 5.89. The molecule has 3 fully saturated rings. The van der Waals surface area contributed by atoms with Crippen molar-refractivity contribution in [2.75, 3.05) is 33.3 Å². The third-order valence-corrected chi connectivity index (χ3v) is 5.78. The molecule has 0 unspecified atom stereocenters. The van der Waals surface area contributed by atoms with Crippen molar-refractivity contribution in [3.05, 3.63) is 0 Å². The average molecular weight is 394 g/mol. The van der Waals surface area contributed by atoms with Gasteiger partial charge in [-0.15, -0.1) is 0 Å². The van der Waals surface area contributed by atoms with E-state index in [0.29, 0.717) is 18.1 Å². The Labute approximate surface area is 157 Å². The molecule has 1 amide bonds. The molecule has 2 atom stereocenters. The van der Waals surface area contributed by atoms with Gasteiger partial charge in [-0.05, 0) is 45.1 Å². The van der Waals surface area contributed by atoms with Crippen LogP contribution in [-0.4, -0.2) is 78.4 Å². The fourth-order valence-corrected chi connectivity index (χ4v) is 4.01. The molecule has 6 nitrogen and oxygen atoms in total. The minimum atomic E-state index is -5.08. The van der Waals surface area contributed by atoms with Gasteiger partial charge in [-0.2, -0.15) is 13.2 Å². The van der Waals surface area contributed by atoms with Crippen molar-refractivity contribution in [2.45, 2.75) is 57.3 Å². The molecular formula is C18H29F3N2O4. The van der Waals surface area contributed by atoms with E-state index in [-0.39, 0.29) is 5.92 Å². The van der Waals surface area contributed by atoms with Gasteiger partial charge in [-0.3, -0.25) is 9.69 Å². The first kappa shape index (κ1) is 21.9. The number of fused-ring (bicyclic) bond motifs is 1. The van der Waals surface area contributed by atoms with Gasteiger partial charge < -0.3 is 14.7 Å². The minimum absolute atomic E-state index is 0.289. The number of aliphatic carboxylic acids is 1. The lowest BCUT2D eigenvalue weighted by Crippen LogP contribution is -2.60. The normalized spacial score (nSPS) is 32.1. The zero-order chi connectivity index (χ0) is 20.2. The Hall–Kier alpha value is -1.35. The van der Waals surface area contributed by atoms with Crippen LogP contribution in [-0.2, 0) is 14.3 Å². The van der Waals surface area contributed by atoms with Crippen molar-refractivity contribution in [3.8, 4) is 0 Å². The summed E-state index contributed by atoms with van der Waals surface area (Å²) < 4.78 is 37.6.